The van der Waals surface area contributed by atoms with E-state index >= 15 is 0 Å². The average molecular weight is 279 g/mol. The predicted molar refractivity (Wildman–Crippen MR) is 74.8 cm³/mol. The van der Waals surface area contributed by atoms with Crippen LogP contribution in [0, 0.1) is 0 Å². The first-order chi connectivity index (χ1) is 9.24. The Hall–Kier alpha value is -1.89. The molecule has 1 amide bonds. The molecule has 7 heteroatoms. The third-order valence-electron chi connectivity index (χ3n) is 2.79. The highest BCUT2D eigenvalue weighted by Crippen LogP contribution is 2.20. The maximum atomic E-state index is 12.1. The Morgan fingerprint density at radius 1 is 1.50 bits per heavy atom. The van der Waals surface area contributed by atoms with Crippen LogP contribution in [0.1, 0.15) is 26.5 Å². The smallest absolute Gasteiger partial charge is 0.410 e. The van der Waals surface area contributed by atoms with E-state index in [0.29, 0.717) is 13.1 Å². The van der Waals surface area contributed by atoms with E-state index in [1.165, 1.54) is 4.80 Å². The molecule has 0 fully saturated rings. The van der Waals surface area contributed by atoms with Gasteiger partial charge in [0.1, 0.15) is 11.3 Å². The van der Waals surface area contributed by atoms with Gasteiger partial charge in [-0.2, -0.15) is 15.0 Å². The Labute approximate surface area is 118 Å². The Morgan fingerprint density at radius 2 is 2.20 bits per heavy atom. The van der Waals surface area contributed by atoms with Gasteiger partial charge in [-0.1, -0.05) is 6.08 Å². The minimum absolute atomic E-state index is 0.228. The number of ether oxygens (including phenoxy) is 1. The van der Waals surface area contributed by atoms with Crippen molar-refractivity contribution in [2.24, 2.45) is 12.8 Å². The summed E-state index contributed by atoms with van der Waals surface area (Å²) in [6.45, 7) is 6.40. The fourth-order valence-electron chi connectivity index (χ4n) is 2.01. The molecule has 1 aromatic heterocycles. The summed E-state index contributed by atoms with van der Waals surface area (Å²) in [5, 5.41) is 8.28. The van der Waals surface area contributed by atoms with Gasteiger partial charge in [-0.15, -0.1) is 0 Å². The summed E-state index contributed by atoms with van der Waals surface area (Å²) in [4.78, 5) is 15.2. The number of carbonyl (C=O) groups is 1. The van der Waals surface area contributed by atoms with Gasteiger partial charge in [-0.3, -0.25) is 0 Å². The minimum Gasteiger partial charge on any atom is -0.444 e. The molecule has 110 valence electrons. The lowest BCUT2D eigenvalue weighted by Gasteiger charge is -2.32. The zero-order valence-corrected chi connectivity index (χ0v) is 12.3. The molecule has 0 aromatic carbocycles. The van der Waals surface area contributed by atoms with Gasteiger partial charge in [-0.05, 0) is 26.3 Å². The van der Waals surface area contributed by atoms with E-state index in [-0.39, 0.29) is 12.1 Å². The predicted octanol–water partition coefficient (Wildman–Crippen LogP) is 0.776. The van der Waals surface area contributed by atoms with Crippen molar-refractivity contribution in [2.75, 3.05) is 13.1 Å². The molecule has 1 aromatic rings. The fourth-order valence-corrected chi connectivity index (χ4v) is 2.01. The molecule has 2 rings (SSSR count). The van der Waals surface area contributed by atoms with Crippen molar-refractivity contribution in [2.45, 2.75) is 32.4 Å². The van der Waals surface area contributed by atoms with E-state index in [1.54, 1.807) is 18.1 Å². The van der Waals surface area contributed by atoms with E-state index < -0.39 is 5.60 Å². The van der Waals surface area contributed by atoms with Crippen molar-refractivity contribution in [3.63, 3.8) is 0 Å². The van der Waals surface area contributed by atoms with Crippen molar-refractivity contribution >= 4 is 11.7 Å². The van der Waals surface area contributed by atoms with Gasteiger partial charge in [0, 0.05) is 19.6 Å². The quantitative estimate of drug-likeness (QED) is 0.820. The van der Waals surface area contributed by atoms with Crippen LogP contribution in [0.25, 0.3) is 5.57 Å². The maximum Gasteiger partial charge on any atom is 0.410 e. The van der Waals surface area contributed by atoms with Gasteiger partial charge >= 0.3 is 6.09 Å². The van der Waals surface area contributed by atoms with Crippen LogP contribution in [0.4, 0.5) is 4.79 Å². The Balaban J connectivity index is 2.12. The molecule has 0 bridgehead atoms. The number of rotatable bonds is 1. The van der Waals surface area contributed by atoms with Crippen LogP contribution in [0.15, 0.2) is 12.3 Å². The van der Waals surface area contributed by atoms with Gasteiger partial charge in [-0.25, -0.2) is 4.79 Å². The molecule has 0 aliphatic carbocycles. The van der Waals surface area contributed by atoms with Gasteiger partial charge in [0.15, 0.2) is 0 Å². The highest BCUT2D eigenvalue weighted by molar-refractivity contribution is 5.74. The molecule has 1 atom stereocenters. The summed E-state index contributed by atoms with van der Waals surface area (Å²) in [6, 6.07) is -0.228. The summed E-state index contributed by atoms with van der Waals surface area (Å²) in [5.41, 5.74) is 7.09. The fraction of sp³-hybridized carbons (Fsp3) is 0.615. The topological polar surface area (TPSA) is 86.3 Å². The number of aryl methyl sites for hydroxylation is 1. The second-order valence-corrected chi connectivity index (χ2v) is 5.94. The molecule has 1 aliphatic rings. The van der Waals surface area contributed by atoms with Crippen LogP contribution in [0.3, 0.4) is 0 Å². The lowest BCUT2D eigenvalue weighted by atomic mass is 10.0. The molecular formula is C13H21N5O2. The molecule has 1 unspecified atom stereocenters. The number of aromatic nitrogens is 3. The molecule has 0 radical (unpaired) electrons. The average Bonchev–Trinajstić information content (AvgIpc) is 2.73. The molecule has 7 nitrogen and oxygen atoms in total. The number of hydrogen-bond acceptors (Lipinski definition) is 5. The summed E-state index contributed by atoms with van der Waals surface area (Å²) in [7, 11) is 1.75. The first-order valence-electron chi connectivity index (χ1n) is 6.55. The number of carbonyl (C=O) groups excluding carboxylic acids is 1. The Morgan fingerprint density at radius 3 is 2.75 bits per heavy atom. The van der Waals surface area contributed by atoms with Gasteiger partial charge < -0.3 is 15.4 Å². The lowest BCUT2D eigenvalue weighted by Crippen LogP contribution is -2.46. The molecule has 2 heterocycles. The Kier molecular flexibility index (Phi) is 3.80. The highest BCUT2D eigenvalue weighted by atomic mass is 16.6. The van der Waals surface area contributed by atoms with Crippen LogP contribution >= 0.6 is 0 Å². The van der Waals surface area contributed by atoms with Gasteiger partial charge in [0.05, 0.1) is 12.7 Å². The third kappa shape index (κ3) is 3.57. The largest absolute Gasteiger partial charge is 0.444 e. The standard InChI is InChI=1S/C13H21N5O2/c1-13(2,3)20-12(19)18-7-9(5-10(14)8-18)11-6-15-17(4)16-11/h5-6,10H,7-8,14H2,1-4H3. The van der Waals surface area contributed by atoms with Crippen molar-refractivity contribution in [1.29, 1.82) is 0 Å². The normalized spacial score (nSPS) is 19.8. The zero-order valence-electron chi connectivity index (χ0n) is 12.3. The van der Waals surface area contributed by atoms with E-state index in [9.17, 15) is 4.79 Å². The second kappa shape index (κ2) is 5.24. The van der Waals surface area contributed by atoms with Crippen LogP contribution < -0.4 is 5.73 Å². The van der Waals surface area contributed by atoms with Crippen molar-refractivity contribution in [3.8, 4) is 0 Å². The summed E-state index contributed by atoms with van der Waals surface area (Å²) in [6.07, 6.45) is 3.23. The van der Waals surface area contributed by atoms with Crippen LogP contribution in [-0.2, 0) is 11.8 Å². The Bertz CT molecular complexity index is 529. The van der Waals surface area contributed by atoms with E-state index in [4.69, 9.17) is 10.5 Å². The zero-order chi connectivity index (χ0) is 14.9. The maximum absolute atomic E-state index is 12.1. The minimum atomic E-state index is -0.519. The number of amides is 1. The third-order valence-corrected chi connectivity index (χ3v) is 2.79. The monoisotopic (exact) mass is 279 g/mol. The molecule has 0 saturated carbocycles. The molecule has 0 spiro atoms. The molecular weight excluding hydrogens is 258 g/mol. The van der Waals surface area contributed by atoms with Gasteiger partial charge in [0.2, 0.25) is 0 Å². The van der Waals surface area contributed by atoms with E-state index in [1.807, 2.05) is 26.8 Å². The van der Waals surface area contributed by atoms with Crippen LogP contribution in [0.2, 0.25) is 0 Å². The molecule has 2 N–H and O–H groups in total. The second-order valence-electron chi connectivity index (χ2n) is 5.94. The van der Waals surface area contributed by atoms with Crippen molar-refractivity contribution in [3.05, 3.63) is 18.0 Å². The van der Waals surface area contributed by atoms with Gasteiger partial charge in [0.25, 0.3) is 0 Å². The molecule has 20 heavy (non-hydrogen) atoms. The van der Waals surface area contributed by atoms with Crippen molar-refractivity contribution in [1.82, 2.24) is 19.9 Å². The summed E-state index contributed by atoms with van der Waals surface area (Å²) >= 11 is 0. The molecule has 0 saturated heterocycles. The number of nitrogens with two attached hydrogens (primary N) is 1. The first-order valence-corrected chi connectivity index (χ1v) is 6.55. The first kappa shape index (κ1) is 14.5. The van der Waals surface area contributed by atoms with E-state index in [0.717, 1.165) is 11.3 Å². The molecule has 1 aliphatic heterocycles. The van der Waals surface area contributed by atoms with Crippen molar-refractivity contribution < 1.29 is 9.53 Å². The highest BCUT2D eigenvalue weighted by Gasteiger charge is 2.27. The summed E-state index contributed by atoms with van der Waals surface area (Å²) < 4.78 is 5.38. The lowest BCUT2D eigenvalue weighted by molar-refractivity contribution is 0.0265. The van der Waals surface area contributed by atoms with Crippen LogP contribution in [-0.4, -0.2) is 50.7 Å². The number of hydrogen-bond donors (Lipinski definition) is 1. The SMILES string of the molecule is Cn1ncc(C2=CC(N)CN(C(=O)OC(C)(C)C)C2)n1. The van der Waals surface area contributed by atoms with Crippen LogP contribution in [0.5, 0.6) is 0 Å². The van der Waals surface area contributed by atoms with E-state index in [2.05, 4.69) is 10.2 Å². The summed E-state index contributed by atoms with van der Waals surface area (Å²) in [5.74, 6) is 0. The number of nitrogens with zero attached hydrogens (tertiary/aromatic N) is 4.